The highest BCUT2D eigenvalue weighted by Gasteiger charge is 2.44. The van der Waals surface area contributed by atoms with E-state index in [4.69, 9.17) is 0 Å². The van der Waals surface area contributed by atoms with Crippen LogP contribution in [-0.2, 0) is 11.2 Å². The fraction of sp³-hybridized carbons (Fsp3) is 0.278. The molecule has 1 heterocycles. The minimum Gasteiger partial charge on any atom is -0.294 e. The molecule has 0 spiro atoms. The molecule has 0 aromatic heterocycles. The highest BCUT2D eigenvalue weighted by Crippen LogP contribution is 2.24. The number of benzene rings is 2. The van der Waals surface area contributed by atoms with Crippen LogP contribution in [0.4, 0.5) is 5.69 Å². The Morgan fingerprint density at radius 1 is 1.05 bits per heavy atom. The van der Waals surface area contributed by atoms with E-state index in [1.807, 2.05) is 62.4 Å². The Balaban J connectivity index is 1.76. The molecule has 0 aliphatic carbocycles. The molecule has 0 saturated carbocycles. The first-order valence-corrected chi connectivity index (χ1v) is 7.54. The average Bonchev–Trinajstić information content (AvgIpc) is 2.72. The van der Waals surface area contributed by atoms with Crippen molar-refractivity contribution in [2.24, 2.45) is 0 Å². The minimum absolute atomic E-state index is 0.0673. The largest absolute Gasteiger partial charge is 0.294 e. The molecule has 4 nitrogen and oxygen atoms in total. The van der Waals surface area contributed by atoms with E-state index in [1.165, 1.54) is 0 Å². The second-order valence-electron chi connectivity index (χ2n) is 6.10. The molecule has 2 aromatic carbocycles. The lowest BCUT2D eigenvalue weighted by Gasteiger charge is -2.31. The Labute approximate surface area is 131 Å². The predicted molar refractivity (Wildman–Crippen MR) is 88.1 cm³/mol. The molecule has 1 aliphatic rings. The average molecular weight is 295 g/mol. The van der Waals surface area contributed by atoms with Crippen LogP contribution in [-0.4, -0.2) is 22.6 Å². The number of hydrazine groups is 1. The number of carbonyl (C=O) groups excluding carboxylic acids is 1. The van der Waals surface area contributed by atoms with Crippen LogP contribution in [0.3, 0.4) is 0 Å². The van der Waals surface area contributed by atoms with Gasteiger partial charge in [-0.2, -0.15) is 0 Å². The summed E-state index contributed by atoms with van der Waals surface area (Å²) in [5, 5.41) is 5.10. The van der Waals surface area contributed by atoms with Crippen molar-refractivity contribution in [2.75, 3.05) is 5.43 Å². The topological polar surface area (TPSA) is 44.4 Å². The van der Waals surface area contributed by atoms with Crippen molar-refractivity contribution in [3.8, 4) is 0 Å². The van der Waals surface area contributed by atoms with Crippen molar-refractivity contribution in [3.63, 3.8) is 0 Å². The van der Waals surface area contributed by atoms with E-state index in [2.05, 4.69) is 22.9 Å². The van der Waals surface area contributed by atoms with Gasteiger partial charge in [-0.15, -0.1) is 0 Å². The summed E-state index contributed by atoms with van der Waals surface area (Å²) in [6.45, 7) is 4.01. The fourth-order valence-electron chi connectivity index (χ4n) is 2.81. The van der Waals surface area contributed by atoms with E-state index in [9.17, 15) is 4.79 Å². The second-order valence-corrected chi connectivity index (χ2v) is 6.10. The van der Waals surface area contributed by atoms with Gasteiger partial charge in [-0.25, -0.2) is 5.01 Å². The summed E-state index contributed by atoms with van der Waals surface area (Å²) in [6.07, 6.45) is 0.691. The molecule has 2 N–H and O–H groups in total. The maximum absolute atomic E-state index is 12.7. The van der Waals surface area contributed by atoms with Crippen LogP contribution in [0.15, 0.2) is 60.7 Å². The summed E-state index contributed by atoms with van der Waals surface area (Å²) in [5.41, 5.74) is 4.85. The molecular weight excluding hydrogens is 274 g/mol. The van der Waals surface area contributed by atoms with Crippen LogP contribution in [0.1, 0.15) is 19.4 Å². The zero-order valence-electron chi connectivity index (χ0n) is 12.9. The number of carbonyl (C=O) groups is 1. The van der Waals surface area contributed by atoms with Gasteiger partial charge in [0.15, 0.2) is 0 Å². The van der Waals surface area contributed by atoms with E-state index in [0.29, 0.717) is 6.42 Å². The van der Waals surface area contributed by atoms with Crippen molar-refractivity contribution in [1.82, 2.24) is 10.3 Å². The van der Waals surface area contributed by atoms with Gasteiger partial charge in [-0.3, -0.25) is 15.5 Å². The van der Waals surface area contributed by atoms with Crippen molar-refractivity contribution < 1.29 is 4.79 Å². The second kappa shape index (κ2) is 5.81. The van der Waals surface area contributed by atoms with E-state index in [-0.39, 0.29) is 11.9 Å². The molecular formula is C18H21N3O. The van der Waals surface area contributed by atoms with Crippen LogP contribution in [0.25, 0.3) is 0 Å². The molecule has 1 amide bonds. The van der Waals surface area contributed by atoms with E-state index < -0.39 is 5.66 Å². The van der Waals surface area contributed by atoms with Crippen LogP contribution >= 0.6 is 0 Å². The first-order chi connectivity index (χ1) is 10.6. The van der Waals surface area contributed by atoms with E-state index in [1.54, 1.807) is 5.01 Å². The van der Waals surface area contributed by atoms with Gasteiger partial charge in [-0.05, 0) is 38.0 Å². The third-order valence-electron chi connectivity index (χ3n) is 3.90. The van der Waals surface area contributed by atoms with Crippen molar-refractivity contribution in [2.45, 2.75) is 32.0 Å². The SMILES string of the molecule is CC1(C)N[C@@H](Cc2ccccc2)C(=O)N1Nc1ccccc1. The highest BCUT2D eigenvalue weighted by molar-refractivity contribution is 5.86. The van der Waals surface area contributed by atoms with Gasteiger partial charge in [0.1, 0.15) is 5.66 Å². The first-order valence-electron chi connectivity index (χ1n) is 7.54. The van der Waals surface area contributed by atoms with Crippen LogP contribution < -0.4 is 10.7 Å². The van der Waals surface area contributed by atoms with Crippen LogP contribution in [0, 0.1) is 0 Å². The zero-order chi connectivity index (χ0) is 15.6. The Morgan fingerprint density at radius 2 is 1.64 bits per heavy atom. The van der Waals surface area contributed by atoms with Gasteiger partial charge in [-0.1, -0.05) is 48.5 Å². The third kappa shape index (κ3) is 2.97. The molecule has 0 bridgehead atoms. The molecule has 3 rings (SSSR count). The summed E-state index contributed by atoms with van der Waals surface area (Å²) in [6, 6.07) is 19.6. The summed E-state index contributed by atoms with van der Waals surface area (Å²) < 4.78 is 0. The van der Waals surface area contributed by atoms with Gasteiger partial charge in [0.25, 0.3) is 5.91 Å². The lowest BCUT2D eigenvalue weighted by molar-refractivity contribution is -0.130. The number of anilines is 1. The number of nitrogens with zero attached hydrogens (tertiary/aromatic N) is 1. The van der Waals surface area contributed by atoms with E-state index >= 15 is 0 Å². The molecule has 22 heavy (non-hydrogen) atoms. The number of hydrogen-bond donors (Lipinski definition) is 2. The number of rotatable bonds is 4. The van der Waals surface area contributed by atoms with Crippen molar-refractivity contribution in [3.05, 3.63) is 66.2 Å². The monoisotopic (exact) mass is 295 g/mol. The molecule has 2 aromatic rings. The van der Waals surface area contributed by atoms with Crippen molar-refractivity contribution >= 4 is 11.6 Å². The standard InChI is InChI=1S/C18H21N3O/c1-18(2)19-16(13-14-9-5-3-6-10-14)17(22)21(18)20-15-11-7-4-8-12-15/h3-12,16,19-20H,13H2,1-2H3/t16-/m0/s1. The van der Waals surface area contributed by atoms with Gasteiger partial charge in [0, 0.05) is 0 Å². The molecule has 0 unspecified atom stereocenters. The summed E-state index contributed by atoms with van der Waals surface area (Å²) in [5.74, 6) is 0.0673. The molecule has 0 radical (unpaired) electrons. The number of amides is 1. The molecule has 114 valence electrons. The quantitative estimate of drug-likeness (QED) is 0.911. The minimum atomic E-state index is -0.438. The zero-order valence-corrected chi connectivity index (χ0v) is 12.9. The van der Waals surface area contributed by atoms with Gasteiger partial charge >= 0.3 is 0 Å². The number of para-hydroxylation sites is 1. The van der Waals surface area contributed by atoms with Crippen molar-refractivity contribution in [1.29, 1.82) is 0 Å². The maximum Gasteiger partial charge on any atom is 0.260 e. The molecule has 4 heteroatoms. The molecule has 1 aliphatic heterocycles. The van der Waals surface area contributed by atoms with Crippen LogP contribution in [0.5, 0.6) is 0 Å². The van der Waals surface area contributed by atoms with E-state index in [0.717, 1.165) is 11.3 Å². The highest BCUT2D eigenvalue weighted by atomic mass is 16.2. The smallest absolute Gasteiger partial charge is 0.260 e. The maximum atomic E-state index is 12.7. The summed E-state index contributed by atoms with van der Waals surface area (Å²) >= 11 is 0. The lowest BCUT2D eigenvalue weighted by atomic mass is 10.1. The van der Waals surface area contributed by atoms with Gasteiger partial charge < -0.3 is 0 Å². The Kier molecular flexibility index (Phi) is 3.86. The molecule has 1 fully saturated rings. The fourth-order valence-corrected chi connectivity index (χ4v) is 2.81. The molecule has 1 saturated heterocycles. The summed E-state index contributed by atoms with van der Waals surface area (Å²) in [4.78, 5) is 12.7. The third-order valence-corrected chi connectivity index (χ3v) is 3.90. The van der Waals surface area contributed by atoms with Gasteiger partial charge in [0.05, 0.1) is 11.7 Å². The Hall–Kier alpha value is -2.33. The Bertz CT molecular complexity index is 640. The predicted octanol–water partition coefficient (Wildman–Crippen LogP) is 2.79. The van der Waals surface area contributed by atoms with Gasteiger partial charge in [0.2, 0.25) is 0 Å². The number of hydrogen-bond acceptors (Lipinski definition) is 3. The lowest BCUT2D eigenvalue weighted by Crippen LogP contribution is -2.50. The first kappa shape index (κ1) is 14.6. The Morgan fingerprint density at radius 3 is 2.27 bits per heavy atom. The summed E-state index contributed by atoms with van der Waals surface area (Å²) in [7, 11) is 0. The molecule has 1 atom stereocenters. The number of nitrogens with one attached hydrogen (secondary N) is 2. The van der Waals surface area contributed by atoms with Crippen LogP contribution in [0.2, 0.25) is 0 Å². The normalized spacial score (nSPS) is 20.2.